The maximum Gasteiger partial charge on any atom is 0.328 e. The summed E-state index contributed by atoms with van der Waals surface area (Å²) in [6.07, 6.45) is 1.07. The number of carboxylic acid groups (broad SMARTS) is 1. The molecule has 3 rings (SSSR count). The molecule has 168 valence electrons. The average Bonchev–Trinajstić information content (AvgIpc) is 3.07. The van der Waals surface area contributed by atoms with Gasteiger partial charge in [0, 0.05) is 17.6 Å². The fourth-order valence-corrected chi connectivity index (χ4v) is 4.07. The van der Waals surface area contributed by atoms with Crippen LogP contribution in [0.5, 0.6) is 0 Å². The largest absolute Gasteiger partial charge is 0.480 e. The first-order valence-corrected chi connectivity index (χ1v) is 11.7. The van der Waals surface area contributed by atoms with Gasteiger partial charge in [-0.1, -0.05) is 30.3 Å². The highest BCUT2D eigenvalue weighted by atomic mass is 32.2. The number of amides is 1. The lowest BCUT2D eigenvalue weighted by Gasteiger charge is -2.13. The van der Waals surface area contributed by atoms with Gasteiger partial charge in [0.2, 0.25) is 5.91 Å². The van der Waals surface area contributed by atoms with Crippen molar-refractivity contribution >= 4 is 21.7 Å². The molecular weight excluding hydrogens is 432 g/mol. The number of hydrogen-bond donors (Lipinski definition) is 3. The Kier molecular flexibility index (Phi) is 6.81. The number of carbonyl (C=O) groups is 2. The lowest BCUT2D eigenvalue weighted by atomic mass is 10.1. The zero-order valence-corrected chi connectivity index (χ0v) is 18.5. The fourth-order valence-electron chi connectivity index (χ4n) is 3.44. The van der Waals surface area contributed by atoms with E-state index in [0.717, 1.165) is 28.9 Å². The third-order valence-electron chi connectivity index (χ3n) is 5.11. The van der Waals surface area contributed by atoms with E-state index in [9.17, 15) is 18.0 Å². The van der Waals surface area contributed by atoms with Crippen LogP contribution in [0.15, 0.2) is 65.6 Å². The molecule has 2 aromatic carbocycles. The number of carboxylic acids is 1. The summed E-state index contributed by atoms with van der Waals surface area (Å²) < 4.78 is 25.6. The number of benzene rings is 2. The number of rotatable bonds is 8. The maximum absolute atomic E-state index is 12.4. The van der Waals surface area contributed by atoms with Gasteiger partial charge >= 0.3 is 5.97 Å². The van der Waals surface area contributed by atoms with Crippen molar-refractivity contribution in [3.63, 3.8) is 0 Å². The van der Waals surface area contributed by atoms with Crippen molar-refractivity contribution in [2.75, 3.05) is 12.9 Å². The highest BCUT2D eigenvalue weighted by molar-refractivity contribution is 7.90. The van der Waals surface area contributed by atoms with E-state index in [4.69, 9.17) is 10.2 Å². The Morgan fingerprint density at radius 1 is 1.06 bits per heavy atom. The second kappa shape index (κ2) is 9.37. The van der Waals surface area contributed by atoms with Crippen molar-refractivity contribution in [2.45, 2.75) is 24.3 Å². The molecule has 0 radical (unpaired) electrons. The summed E-state index contributed by atoms with van der Waals surface area (Å²) in [7, 11) is -3.33. The first-order valence-electron chi connectivity index (χ1n) is 9.82. The number of aromatic nitrogens is 1. The number of nitrogens with one attached hydrogen (secondary N) is 1. The van der Waals surface area contributed by atoms with Crippen LogP contribution >= 0.6 is 0 Å². The summed E-state index contributed by atoms with van der Waals surface area (Å²) in [5.74, 6) is -1.84. The van der Waals surface area contributed by atoms with Crippen molar-refractivity contribution in [1.29, 1.82) is 0 Å². The molecule has 0 saturated heterocycles. The molecule has 0 saturated carbocycles. The Labute approximate surface area is 186 Å². The van der Waals surface area contributed by atoms with E-state index >= 15 is 0 Å². The molecule has 1 heterocycles. The first kappa shape index (κ1) is 23.2. The molecule has 0 aliphatic carbocycles. The molecule has 3 N–H and O–H groups in total. The van der Waals surface area contributed by atoms with Gasteiger partial charge in [0.15, 0.2) is 9.84 Å². The van der Waals surface area contributed by atoms with Gasteiger partial charge in [0.25, 0.3) is 0 Å². The molecule has 1 aromatic heterocycles. The van der Waals surface area contributed by atoms with Gasteiger partial charge in [-0.25, -0.2) is 13.2 Å². The summed E-state index contributed by atoms with van der Waals surface area (Å²) >= 11 is 0. The van der Waals surface area contributed by atoms with Crippen LogP contribution in [-0.4, -0.2) is 54.0 Å². The molecule has 0 aliphatic heterocycles. The Hall–Kier alpha value is -3.43. The van der Waals surface area contributed by atoms with E-state index in [-0.39, 0.29) is 11.3 Å². The standard InChI is InChI=1S/C23H24N2O6S/c1-15-17(13-22(27)24-20(14-26)23(28)29)12-21(25(15)18-6-4-3-5-7-18)16-8-10-19(11-9-16)32(2,30)31/h3-12,20,26H,13-14H2,1-2H3,(H,24,27)(H,28,29)/t20-/m1/s1. The number of aliphatic hydroxyl groups excluding tert-OH is 1. The summed E-state index contributed by atoms with van der Waals surface area (Å²) in [5, 5.41) is 20.5. The lowest BCUT2D eigenvalue weighted by molar-refractivity contribution is -0.142. The lowest BCUT2D eigenvalue weighted by Crippen LogP contribution is -2.43. The predicted octanol–water partition coefficient (Wildman–Crippen LogP) is 1.96. The molecule has 8 nitrogen and oxygen atoms in total. The molecule has 0 spiro atoms. The number of para-hydroxylation sites is 1. The molecule has 1 atom stereocenters. The van der Waals surface area contributed by atoms with Crippen LogP contribution < -0.4 is 5.32 Å². The highest BCUT2D eigenvalue weighted by Gasteiger charge is 2.21. The van der Waals surface area contributed by atoms with E-state index in [1.54, 1.807) is 12.1 Å². The average molecular weight is 457 g/mol. The zero-order chi connectivity index (χ0) is 23.5. The minimum atomic E-state index is -3.33. The van der Waals surface area contributed by atoms with Crippen molar-refractivity contribution in [3.05, 3.63) is 71.9 Å². The number of hydrogen-bond acceptors (Lipinski definition) is 5. The number of aliphatic carboxylic acids is 1. The van der Waals surface area contributed by atoms with Crippen molar-refractivity contribution in [2.24, 2.45) is 0 Å². The van der Waals surface area contributed by atoms with Crippen LogP contribution in [-0.2, 0) is 25.8 Å². The van der Waals surface area contributed by atoms with Gasteiger partial charge in [-0.3, -0.25) is 4.79 Å². The third kappa shape index (κ3) is 5.06. The van der Waals surface area contributed by atoms with Crippen LogP contribution in [0.2, 0.25) is 0 Å². The van der Waals surface area contributed by atoms with E-state index in [2.05, 4.69) is 5.32 Å². The normalized spacial score (nSPS) is 12.3. The Balaban J connectivity index is 2.03. The molecular formula is C23H24N2O6S. The Bertz CT molecular complexity index is 1230. The maximum atomic E-state index is 12.4. The minimum Gasteiger partial charge on any atom is -0.480 e. The molecule has 1 amide bonds. The number of nitrogens with zero attached hydrogens (tertiary/aromatic N) is 1. The minimum absolute atomic E-state index is 0.0795. The SMILES string of the molecule is Cc1c(CC(=O)N[C@H](CO)C(=O)O)cc(-c2ccc(S(C)(=O)=O)cc2)n1-c1ccccc1. The van der Waals surface area contributed by atoms with E-state index in [0.29, 0.717) is 5.56 Å². The number of sulfone groups is 1. The topological polar surface area (TPSA) is 126 Å². The molecule has 9 heteroatoms. The molecule has 32 heavy (non-hydrogen) atoms. The van der Waals surface area contributed by atoms with Crippen molar-refractivity contribution in [1.82, 2.24) is 9.88 Å². The summed E-state index contributed by atoms with van der Waals surface area (Å²) in [5.41, 5.74) is 3.83. The smallest absolute Gasteiger partial charge is 0.328 e. The quantitative estimate of drug-likeness (QED) is 0.476. The second-order valence-corrected chi connectivity index (χ2v) is 9.44. The van der Waals surface area contributed by atoms with Gasteiger partial charge in [-0.05, 0) is 48.4 Å². The molecule has 0 unspecified atom stereocenters. The van der Waals surface area contributed by atoms with Gasteiger partial charge < -0.3 is 20.1 Å². The van der Waals surface area contributed by atoms with Crippen LogP contribution in [0, 0.1) is 6.92 Å². The Morgan fingerprint density at radius 2 is 1.69 bits per heavy atom. The van der Waals surface area contributed by atoms with Crippen LogP contribution in [0.4, 0.5) is 0 Å². The molecule has 3 aromatic rings. The van der Waals surface area contributed by atoms with Crippen molar-refractivity contribution < 1.29 is 28.2 Å². The van der Waals surface area contributed by atoms with Crippen LogP contribution in [0.3, 0.4) is 0 Å². The molecule has 0 bridgehead atoms. The van der Waals surface area contributed by atoms with E-state index in [1.807, 2.05) is 47.9 Å². The van der Waals surface area contributed by atoms with Gasteiger partial charge in [0.1, 0.15) is 6.04 Å². The first-order chi connectivity index (χ1) is 15.1. The summed E-state index contributed by atoms with van der Waals surface area (Å²) in [6, 6.07) is 16.4. The van der Waals surface area contributed by atoms with Gasteiger partial charge in [-0.2, -0.15) is 0 Å². The van der Waals surface area contributed by atoms with E-state index < -0.39 is 34.4 Å². The summed E-state index contributed by atoms with van der Waals surface area (Å²) in [4.78, 5) is 23.7. The Morgan fingerprint density at radius 3 is 2.22 bits per heavy atom. The summed E-state index contributed by atoms with van der Waals surface area (Å²) in [6.45, 7) is 1.15. The molecule has 0 fully saturated rings. The zero-order valence-electron chi connectivity index (χ0n) is 17.6. The van der Waals surface area contributed by atoms with Gasteiger partial charge in [-0.15, -0.1) is 0 Å². The number of aliphatic hydroxyl groups is 1. The van der Waals surface area contributed by atoms with Crippen molar-refractivity contribution in [3.8, 4) is 16.9 Å². The van der Waals surface area contributed by atoms with Crippen LogP contribution in [0.25, 0.3) is 16.9 Å². The molecule has 0 aliphatic rings. The number of carbonyl (C=O) groups excluding carboxylic acids is 1. The fraction of sp³-hybridized carbons (Fsp3) is 0.217. The predicted molar refractivity (Wildman–Crippen MR) is 119 cm³/mol. The van der Waals surface area contributed by atoms with Crippen LogP contribution in [0.1, 0.15) is 11.3 Å². The van der Waals surface area contributed by atoms with Gasteiger partial charge in [0.05, 0.1) is 23.6 Å². The highest BCUT2D eigenvalue weighted by Crippen LogP contribution is 2.30. The van der Waals surface area contributed by atoms with E-state index in [1.165, 1.54) is 12.1 Å². The monoisotopic (exact) mass is 456 g/mol. The third-order valence-corrected chi connectivity index (χ3v) is 6.24. The second-order valence-electron chi connectivity index (χ2n) is 7.43.